The van der Waals surface area contributed by atoms with Gasteiger partial charge in [-0.1, -0.05) is 0 Å². The van der Waals surface area contributed by atoms with Crippen LogP contribution in [0.2, 0.25) is 0 Å². The van der Waals surface area contributed by atoms with Crippen molar-refractivity contribution in [3.63, 3.8) is 0 Å². The summed E-state index contributed by atoms with van der Waals surface area (Å²) in [7, 11) is 1.51. The van der Waals surface area contributed by atoms with Crippen molar-refractivity contribution in [2.45, 2.75) is 17.2 Å². The third-order valence-electron chi connectivity index (χ3n) is 3.65. The van der Waals surface area contributed by atoms with Crippen LogP contribution in [0.25, 0.3) is 22.7 Å². The summed E-state index contributed by atoms with van der Waals surface area (Å²) >= 11 is 1.03. The molecule has 0 aliphatic carbocycles. The zero-order valence-electron chi connectivity index (χ0n) is 13.3. The quantitative estimate of drug-likeness (QED) is 0.465. The molecule has 0 saturated carbocycles. The molecule has 3 aromatic heterocycles. The first-order chi connectivity index (χ1) is 12.0. The minimum Gasteiger partial charge on any atom is -0.310 e. The normalized spacial score (nSPS) is 12.8. The molecule has 26 heavy (non-hydrogen) atoms. The number of imidazole rings is 1. The van der Waals surface area contributed by atoms with Gasteiger partial charge in [-0.3, -0.25) is 4.98 Å². The lowest BCUT2D eigenvalue weighted by molar-refractivity contribution is -0.138. The predicted molar refractivity (Wildman–Crippen MR) is 83.5 cm³/mol. The molecule has 0 N–H and O–H groups in total. The average molecular weight is 392 g/mol. The SMILES string of the molecule is CSc1cc(C(F)(F)F)cnc1-c1nc2cc(C(F)(F)F)cnc2n1C. The van der Waals surface area contributed by atoms with Gasteiger partial charge in [-0.05, 0) is 18.4 Å². The Labute approximate surface area is 147 Å². The summed E-state index contributed by atoms with van der Waals surface area (Å²) in [6.07, 6.45) is -6.20. The average Bonchev–Trinajstić information content (AvgIpc) is 2.89. The van der Waals surface area contributed by atoms with Gasteiger partial charge >= 0.3 is 12.4 Å². The first-order valence-electron chi connectivity index (χ1n) is 7.03. The summed E-state index contributed by atoms with van der Waals surface area (Å²) in [5, 5.41) is 0. The van der Waals surface area contributed by atoms with Crippen LogP contribution >= 0.6 is 11.8 Å². The number of aromatic nitrogens is 4. The van der Waals surface area contributed by atoms with Gasteiger partial charge in [-0.15, -0.1) is 11.8 Å². The number of rotatable bonds is 2. The lowest BCUT2D eigenvalue weighted by atomic mass is 10.2. The lowest BCUT2D eigenvalue weighted by Crippen LogP contribution is -2.07. The van der Waals surface area contributed by atoms with E-state index in [0.717, 1.165) is 23.9 Å². The molecular formula is C15H10F6N4S. The fourth-order valence-electron chi connectivity index (χ4n) is 2.37. The van der Waals surface area contributed by atoms with Crippen molar-refractivity contribution in [2.24, 2.45) is 7.05 Å². The maximum atomic E-state index is 12.9. The van der Waals surface area contributed by atoms with E-state index in [1.54, 1.807) is 6.26 Å². The van der Waals surface area contributed by atoms with Gasteiger partial charge in [0.2, 0.25) is 0 Å². The third kappa shape index (κ3) is 3.22. The van der Waals surface area contributed by atoms with E-state index in [1.807, 2.05) is 0 Å². The Morgan fingerprint density at radius 2 is 1.50 bits per heavy atom. The van der Waals surface area contributed by atoms with Crippen LogP contribution in [0, 0.1) is 0 Å². The molecule has 0 unspecified atom stereocenters. The summed E-state index contributed by atoms with van der Waals surface area (Å²) in [4.78, 5) is 11.9. The van der Waals surface area contributed by atoms with Crippen LogP contribution in [0.5, 0.6) is 0 Å². The second-order valence-corrected chi connectivity index (χ2v) is 6.18. The smallest absolute Gasteiger partial charge is 0.310 e. The molecule has 0 atom stereocenters. The van der Waals surface area contributed by atoms with Crippen LogP contribution < -0.4 is 0 Å². The summed E-state index contributed by atoms with van der Waals surface area (Å²) in [6.45, 7) is 0. The van der Waals surface area contributed by atoms with Gasteiger partial charge in [0.05, 0.1) is 11.1 Å². The second-order valence-electron chi connectivity index (χ2n) is 5.33. The summed E-state index contributed by atoms with van der Waals surface area (Å²) in [5.74, 6) is 0.130. The summed E-state index contributed by atoms with van der Waals surface area (Å²) in [6, 6.07) is 1.77. The molecule has 0 aliphatic rings. The first-order valence-corrected chi connectivity index (χ1v) is 8.26. The maximum Gasteiger partial charge on any atom is 0.417 e. The molecule has 0 aromatic carbocycles. The van der Waals surface area contributed by atoms with Crippen molar-refractivity contribution in [1.29, 1.82) is 0 Å². The van der Waals surface area contributed by atoms with Gasteiger partial charge in [0, 0.05) is 24.3 Å². The van der Waals surface area contributed by atoms with E-state index >= 15 is 0 Å². The Balaban J connectivity index is 2.18. The molecule has 0 radical (unpaired) electrons. The van der Waals surface area contributed by atoms with Gasteiger partial charge in [-0.2, -0.15) is 26.3 Å². The molecule has 3 heterocycles. The van der Waals surface area contributed by atoms with Crippen LogP contribution in [0.4, 0.5) is 26.3 Å². The molecule has 0 fully saturated rings. The van der Waals surface area contributed by atoms with Gasteiger partial charge in [0.25, 0.3) is 0 Å². The Hall–Kier alpha value is -2.30. The molecular weight excluding hydrogens is 382 g/mol. The molecule has 0 saturated heterocycles. The fraction of sp³-hybridized carbons (Fsp3) is 0.267. The number of pyridine rings is 2. The van der Waals surface area contributed by atoms with Crippen LogP contribution in [-0.2, 0) is 19.4 Å². The van der Waals surface area contributed by atoms with Gasteiger partial charge in [0.1, 0.15) is 11.2 Å². The Morgan fingerprint density at radius 3 is 2.08 bits per heavy atom. The second kappa shape index (κ2) is 6.15. The number of halogens is 6. The molecule has 0 amide bonds. The largest absolute Gasteiger partial charge is 0.417 e. The van der Waals surface area contributed by atoms with E-state index in [9.17, 15) is 26.3 Å². The zero-order chi connectivity index (χ0) is 19.3. The van der Waals surface area contributed by atoms with Crippen LogP contribution in [0.3, 0.4) is 0 Å². The van der Waals surface area contributed by atoms with Gasteiger partial charge in [0.15, 0.2) is 11.5 Å². The molecule has 11 heteroatoms. The van der Waals surface area contributed by atoms with Crippen molar-refractivity contribution in [3.05, 3.63) is 35.7 Å². The van der Waals surface area contributed by atoms with E-state index in [-0.39, 0.29) is 27.6 Å². The number of alkyl halides is 6. The van der Waals surface area contributed by atoms with E-state index in [4.69, 9.17) is 0 Å². The highest BCUT2D eigenvalue weighted by atomic mass is 32.2. The number of thioether (sulfide) groups is 1. The van der Waals surface area contributed by atoms with E-state index in [1.165, 1.54) is 11.6 Å². The standard InChI is InChI=1S/C15H10F6N4S/c1-25-12-9(3-7(6-23-12)14(16,17)18)24-13(25)11-10(26-2)4-8(5-22-11)15(19,20)21/h3-6H,1-2H3. The fourth-order valence-corrected chi connectivity index (χ4v) is 2.95. The van der Waals surface area contributed by atoms with Gasteiger partial charge in [-0.25, -0.2) is 9.97 Å². The maximum absolute atomic E-state index is 12.9. The van der Waals surface area contributed by atoms with Crippen LogP contribution in [0.15, 0.2) is 29.4 Å². The van der Waals surface area contributed by atoms with Crippen LogP contribution in [0.1, 0.15) is 11.1 Å². The van der Waals surface area contributed by atoms with E-state index in [2.05, 4.69) is 15.0 Å². The highest BCUT2D eigenvalue weighted by Gasteiger charge is 2.33. The van der Waals surface area contributed by atoms with E-state index in [0.29, 0.717) is 12.4 Å². The Kier molecular flexibility index (Phi) is 4.37. The van der Waals surface area contributed by atoms with Crippen molar-refractivity contribution in [2.75, 3.05) is 6.26 Å². The molecule has 0 bridgehead atoms. The number of nitrogens with zero attached hydrogens (tertiary/aromatic N) is 4. The van der Waals surface area contributed by atoms with Gasteiger partial charge < -0.3 is 4.57 Å². The first kappa shape index (κ1) is 18.5. The molecule has 4 nitrogen and oxygen atoms in total. The molecule has 3 aromatic rings. The highest BCUT2D eigenvalue weighted by Crippen LogP contribution is 2.36. The number of hydrogen-bond acceptors (Lipinski definition) is 4. The molecule has 138 valence electrons. The number of hydrogen-bond donors (Lipinski definition) is 0. The molecule has 0 spiro atoms. The third-order valence-corrected chi connectivity index (χ3v) is 4.40. The van der Waals surface area contributed by atoms with Crippen molar-refractivity contribution in [3.8, 4) is 11.5 Å². The minimum atomic E-state index is -4.57. The van der Waals surface area contributed by atoms with Crippen molar-refractivity contribution in [1.82, 2.24) is 19.5 Å². The monoisotopic (exact) mass is 392 g/mol. The summed E-state index contributed by atoms with van der Waals surface area (Å²) < 4.78 is 78.4. The Bertz CT molecular complexity index is 977. The number of fused-ring (bicyclic) bond motifs is 1. The minimum absolute atomic E-state index is 0.0222. The highest BCUT2D eigenvalue weighted by molar-refractivity contribution is 7.98. The molecule has 3 rings (SSSR count). The topological polar surface area (TPSA) is 43.6 Å². The summed E-state index contributed by atoms with van der Waals surface area (Å²) in [5.41, 5.74) is -1.59. The predicted octanol–water partition coefficient (Wildman–Crippen LogP) is 4.79. The van der Waals surface area contributed by atoms with Crippen molar-refractivity contribution >= 4 is 22.9 Å². The number of aryl methyl sites for hydroxylation is 1. The Morgan fingerprint density at radius 1 is 0.923 bits per heavy atom. The zero-order valence-corrected chi connectivity index (χ0v) is 14.1. The van der Waals surface area contributed by atoms with Crippen LogP contribution in [-0.4, -0.2) is 25.8 Å². The lowest BCUT2D eigenvalue weighted by Gasteiger charge is -2.11. The van der Waals surface area contributed by atoms with Crippen molar-refractivity contribution < 1.29 is 26.3 Å². The molecule has 0 aliphatic heterocycles. The van der Waals surface area contributed by atoms with E-state index < -0.39 is 23.5 Å².